The van der Waals surface area contributed by atoms with E-state index in [0.717, 1.165) is 62.4 Å². The van der Waals surface area contributed by atoms with Crippen molar-refractivity contribution in [1.29, 1.82) is 0 Å². The number of ketones is 1. The number of allylic oxidation sites excluding steroid dienone is 1. The highest BCUT2D eigenvalue weighted by Crippen LogP contribution is 2.69. The van der Waals surface area contributed by atoms with Crippen LogP contribution in [0.25, 0.3) is 0 Å². The second-order valence-electron chi connectivity index (χ2n) is 10.2. The fourth-order valence-corrected chi connectivity index (χ4v) is 8.40. The van der Waals surface area contributed by atoms with Gasteiger partial charge in [0.05, 0.1) is 5.60 Å². The van der Waals surface area contributed by atoms with Gasteiger partial charge in [-0.15, -0.1) is 0 Å². The van der Waals surface area contributed by atoms with Crippen molar-refractivity contribution >= 4 is 5.78 Å². The lowest BCUT2D eigenvalue weighted by molar-refractivity contribution is -0.157. The van der Waals surface area contributed by atoms with E-state index >= 15 is 0 Å². The van der Waals surface area contributed by atoms with Crippen molar-refractivity contribution in [2.45, 2.75) is 77.2 Å². The number of carbonyl (C=O) groups is 1. The van der Waals surface area contributed by atoms with Crippen LogP contribution in [0.15, 0.2) is 23.8 Å². The first-order valence-electron chi connectivity index (χ1n) is 11.0. The second-order valence-corrected chi connectivity index (χ2v) is 10.2. The highest BCUT2D eigenvalue weighted by molar-refractivity contribution is 5.91. The van der Waals surface area contributed by atoms with Gasteiger partial charge in [-0.3, -0.25) is 4.79 Å². The Morgan fingerprint density at radius 1 is 1.19 bits per heavy atom. The van der Waals surface area contributed by atoms with E-state index in [2.05, 4.69) is 20.4 Å². The van der Waals surface area contributed by atoms with Crippen LogP contribution in [-0.4, -0.2) is 18.0 Å². The van der Waals surface area contributed by atoms with Gasteiger partial charge < -0.3 is 4.74 Å². The third-order valence-electron chi connectivity index (χ3n) is 9.26. The number of ether oxygens (including phenoxy) is 1. The number of carbonyl (C=O) groups excluding carboxylic acids is 1. The predicted octanol–water partition coefficient (Wildman–Crippen LogP) is 5.48. The molecule has 4 aliphatic carbocycles. The van der Waals surface area contributed by atoms with Gasteiger partial charge in [0.15, 0.2) is 5.78 Å². The molecule has 142 valence electrons. The zero-order valence-corrected chi connectivity index (χ0v) is 16.6. The number of rotatable bonds is 0. The summed E-state index contributed by atoms with van der Waals surface area (Å²) in [6.45, 7) is 10.5. The van der Waals surface area contributed by atoms with E-state index in [0.29, 0.717) is 11.7 Å². The zero-order chi connectivity index (χ0) is 18.1. The van der Waals surface area contributed by atoms with Gasteiger partial charge in [0.2, 0.25) is 0 Å². The molecule has 0 bridgehead atoms. The molecule has 7 atom stereocenters. The lowest BCUT2D eigenvalue weighted by Crippen LogP contribution is -2.57. The Labute approximate surface area is 158 Å². The Balaban J connectivity index is 1.51. The molecule has 2 heteroatoms. The van der Waals surface area contributed by atoms with Gasteiger partial charge in [0, 0.05) is 18.4 Å². The van der Waals surface area contributed by atoms with Crippen molar-refractivity contribution < 1.29 is 9.53 Å². The summed E-state index contributed by atoms with van der Waals surface area (Å²) in [5.41, 5.74) is 3.09. The molecule has 2 nitrogen and oxygen atoms in total. The van der Waals surface area contributed by atoms with E-state index in [9.17, 15) is 4.79 Å². The maximum absolute atomic E-state index is 11.9. The molecule has 3 saturated carbocycles. The van der Waals surface area contributed by atoms with Gasteiger partial charge in [-0.2, -0.15) is 0 Å². The Morgan fingerprint density at radius 3 is 2.85 bits per heavy atom. The molecule has 1 aliphatic heterocycles. The van der Waals surface area contributed by atoms with Gasteiger partial charge in [-0.1, -0.05) is 26.0 Å². The van der Waals surface area contributed by atoms with Crippen molar-refractivity contribution in [2.24, 2.45) is 35.0 Å². The smallest absolute Gasteiger partial charge is 0.155 e. The summed E-state index contributed by atoms with van der Waals surface area (Å²) >= 11 is 0. The van der Waals surface area contributed by atoms with Crippen molar-refractivity contribution in [3.8, 4) is 0 Å². The summed E-state index contributed by atoms with van der Waals surface area (Å²) in [5, 5.41) is 0. The zero-order valence-electron chi connectivity index (χ0n) is 16.6. The largest absolute Gasteiger partial charge is 0.370 e. The second kappa shape index (κ2) is 5.80. The van der Waals surface area contributed by atoms with Crippen LogP contribution < -0.4 is 0 Å². The molecule has 5 rings (SSSR count). The summed E-state index contributed by atoms with van der Waals surface area (Å²) in [6, 6.07) is 0. The van der Waals surface area contributed by atoms with Crippen LogP contribution >= 0.6 is 0 Å². The number of hydrogen-bond donors (Lipinski definition) is 0. The Bertz CT molecular complexity index is 676. The predicted molar refractivity (Wildman–Crippen MR) is 104 cm³/mol. The van der Waals surface area contributed by atoms with Gasteiger partial charge in [-0.25, -0.2) is 0 Å². The minimum atomic E-state index is -0.0478. The number of fused-ring (bicyclic) bond motifs is 6. The van der Waals surface area contributed by atoms with E-state index in [1.807, 2.05) is 6.08 Å². The van der Waals surface area contributed by atoms with E-state index in [4.69, 9.17) is 4.74 Å². The summed E-state index contributed by atoms with van der Waals surface area (Å²) in [4.78, 5) is 11.9. The molecular weight excluding hydrogens is 320 g/mol. The van der Waals surface area contributed by atoms with E-state index < -0.39 is 0 Å². The first-order valence-corrected chi connectivity index (χ1v) is 11.0. The fraction of sp³-hybridized carbons (Fsp3) is 0.792. The fourth-order valence-electron chi connectivity index (χ4n) is 8.40. The average molecular weight is 355 g/mol. The summed E-state index contributed by atoms with van der Waals surface area (Å²) in [5.74, 6) is 4.15. The standard InChI is InChI=1S/C24H34O2/c1-15-14-23(3)21(10-11-24(23)16(2)5-4-12-26-24)20-8-6-17-13-18(25)7-9-19(17)22(15)20/h13,15,19-22H,2,4-12,14H2,1,3H3/t15-,19-,20-,21-,22+,23-,24+/m0/s1. The summed E-state index contributed by atoms with van der Waals surface area (Å²) in [7, 11) is 0. The van der Waals surface area contributed by atoms with Gasteiger partial charge in [0.25, 0.3) is 0 Å². The topological polar surface area (TPSA) is 26.3 Å². The van der Waals surface area contributed by atoms with E-state index in [1.165, 1.54) is 36.8 Å². The molecule has 0 amide bonds. The maximum Gasteiger partial charge on any atom is 0.155 e. The Morgan fingerprint density at radius 2 is 2.04 bits per heavy atom. The van der Waals surface area contributed by atoms with Crippen molar-refractivity contribution in [1.82, 2.24) is 0 Å². The first-order chi connectivity index (χ1) is 12.5. The lowest BCUT2D eigenvalue weighted by atomic mass is 9.47. The molecule has 0 radical (unpaired) electrons. The molecule has 0 N–H and O–H groups in total. The van der Waals surface area contributed by atoms with Crippen LogP contribution in [0.4, 0.5) is 0 Å². The molecular formula is C24H34O2. The van der Waals surface area contributed by atoms with Crippen LogP contribution in [0, 0.1) is 35.0 Å². The van der Waals surface area contributed by atoms with Crippen LogP contribution in [0.1, 0.15) is 71.6 Å². The minimum absolute atomic E-state index is 0.0478. The third-order valence-corrected chi connectivity index (χ3v) is 9.26. The average Bonchev–Trinajstić information content (AvgIpc) is 2.90. The van der Waals surface area contributed by atoms with Gasteiger partial charge >= 0.3 is 0 Å². The normalized spacial score (nSPS) is 50.8. The van der Waals surface area contributed by atoms with Crippen LogP contribution in [0.3, 0.4) is 0 Å². The molecule has 1 saturated heterocycles. The molecule has 1 spiro atoms. The summed E-state index contributed by atoms with van der Waals surface area (Å²) in [6.07, 6.45) is 12.4. The van der Waals surface area contributed by atoms with E-state index in [1.54, 1.807) is 0 Å². The highest BCUT2D eigenvalue weighted by atomic mass is 16.5. The SMILES string of the molecule is C=C1CCCO[C@]12CC[C@H]1[C@@H]3CCC4=CC(=O)CC[C@@H]4[C@H]3[C@@H](C)C[C@@]12C. The first kappa shape index (κ1) is 17.2. The van der Waals surface area contributed by atoms with Crippen LogP contribution in [0.2, 0.25) is 0 Å². The quantitative estimate of drug-likeness (QED) is 0.538. The lowest BCUT2D eigenvalue weighted by Gasteiger charge is -2.60. The molecule has 4 fully saturated rings. The molecule has 5 aliphatic rings. The molecule has 0 aromatic rings. The van der Waals surface area contributed by atoms with Crippen molar-refractivity contribution in [3.05, 3.63) is 23.8 Å². The van der Waals surface area contributed by atoms with Crippen LogP contribution in [0.5, 0.6) is 0 Å². The van der Waals surface area contributed by atoms with Gasteiger partial charge in [0.1, 0.15) is 0 Å². The molecule has 1 heterocycles. The highest BCUT2D eigenvalue weighted by Gasteiger charge is 2.66. The molecule has 0 aromatic carbocycles. The van der Waals surface area contributed by atoms with Crippen LogP contribution in [-0.2, 0) is 9.53 Å². The van der Waals surface area contributed by atoms with Crippen molar-refractivity contribution in [2.75, 3.05) is 6.61 Å². The monoisotopic (exact) mass is 354 g/mol. The molecule has 26 heavy (non-hydrogen) atoms. The molecule has 0 unspecified atom stereocenters. The molecule has 0 aromatic heterocycles. The third kappa shape index (κ3) is 2.11. The van der Waals surface area contributed by atoms with Gasteiger partial charge in [-0.05, 0) is 92.6 Å². The van der Waals surface area contributed by atoms with Crippen molar-refractivity contribution in [3.63, 3.8) is 0 Å². The Hall–Kier alpha value is -0.890. The number of hydrogen-bond acceptors (Lipinski definition) is 2. The van der Waals surface area contributed by atoms with E-state index in [-0.39, 0.29) is 11.0 Å². The minimum Gasteiger partial charge on any atom is -0.370 e. The Kier molecular flexibility index (Phi) is 3.84. The summed E-state index contributed by atoms with van der Waals surface area (Å²) < 4.78 is 6.60. The maximum atomic E-state index is 11.9.